The SMILES string of the molecule is CCCCC/C=C\C/C=C\CCCCCCCC(=O)OC[C@H](COP(=O)(O)OC1C(O)C(O)C(O)[C@@H](O)C1O)OC(=O)CCCCCCCCCCCCCCCC. The molecule has 6 N–H and O–H groups in total. The fraction of sp³-hybridized carbons (Fsp3) is 0.864. The van der Waals surface area contributed by atoms with Gasteiger partial charge in [-0.25, -0.2) is 4.57 Å². The predicted octanol–water partition coefficient (Wildman–Crippen LogP) is 8.45. The van der Waals surface area contributed by atoms with E-state index < -0.39 is 75.7 Å². The van der Waals surface area contributed by atoms with Crippen LogP contribution in [0, 0.1) is 0 Å². The number of aliphatic hydroxyl groups is 5. The molecule has 0 spiro atoms. The van der Waals surface area contributed by atoms with Crippen LogP contribution in [-0.2, 0) is 32.7 Å². The smallest absolute Gasteiger partial charge is 0.462 e. The van der Waals surface area contributed by atoms with Crippen molar-refractivity contribution in [1.29, 1.82) is 0 Å². The number of hydrogen-bond acceptors (Lipinski definition) is 12. The third-order valence-electron chi connectivity index (χ3n) is 10.5. The molecule has 1 rings (SSSR count). The van der Waals surface area contributed by atoms with E-state index in [9.17, 15) is 44.6 Å². The number of carbonyl (C=O) groups is 2. The first-order chi connectivity index (χ1) is 27.9. The number of unbranched alkanes of at least 4 members (excludes halogenated alkanes) is 21. The van der Waals surface area contributed by atoms with E-state index in [1.807, 2.05) is 0 Å². The number of allylic oxidation sites excluding steroid dienone is 4. The third-order valence-corrected chi connectivity index (χ3v) is 11.5. The lowest BCUT2D eigenvalue weighted by Gasteiger charge is -2.41. The van der Waals surface area contributed by atoms with Gasteiger partial charge in [0, 0.05) is 12.8 Å². The van der Waals surface area contributed by atoms with Gasteiger partial charge >= 0.3 is 19.8 Å². The number of phosphoric acid groups is 1. The Morgan fingerprint density at radius 1 is 0.534 bits per heavy atom. The van der Waals surface area contributed by atoms with Gasteiger partial charge in [-0.2, -0.15) is 0 Å². The molecule has 0 aromatic heterocycles. The highest BCUT2D eigenvalue weighted by Crippen LogP contribution is 2.47. The summed E-state index contributed by atoms with van der Waals surface area (Å²) >= 11 is 0. The Morgan fingerprint density at radius 3 is 1.43 bits per heavy atom. The normalized spacial score (nSPS) is 22.7. The average molecular weight is 849 g/mol. The van der Waals surface area contributed by atoms with E-state index in [2.05, 4.69) is 38.2 Å². The number of rotatable bonds is 37. The van der Waals surface area contributed by atoms with Crippen LogP contribution in [0.25, 0.3) is 0 Å². The maximum absolute atomic E-state index is 12.8. The summed E-state index contributed by atoms with van der Waals surface area (Å²) in [6, 6.07) is 0. The van der Waals surface area contributed by atoms with E-state index in [4.69, 9.17) is 18.5 Å². The van der Waals surface area contributed by atoms with Gasteiger partial charge in [-0.15, -0.1) is 0 Å². The fourth-order valence-electron chi connectivity index (χ4n) is 6.85. The summed E-state index contributed by atoms with van der Waals surface area (Å²) in [5.74, 6) is -1.11. The highest BCUT2D eigenvalue weighted by Gasteiger charge is 2.51. The van der Waals surface area contributed by atoms with Crippen LogP contribution in [0.1, 0.15) is 187 Å². The molecule has 0 saturated heterocycles. The van der Waals surface area contributed by atoms with Gasteiger partial charge in [0.05, 0.1) is 6.61 Å². The van der Waals surface area contributed by atoms with Gasteiger partial charge in [-0.05, 0) is 44.9 Å². The number of carbonyl (C=O) groups excluding carboxylic acids is 2. The Kier molecular flexibility index (Phi) is 32.8. The predicted molar refractivity (Wildman–Crippen MR) is 226 cm³/mol. The van der Waals surface area contributed by atoms with Gasteiger partial charge in [-0.3, -0.25) is 18.6 Å². The molecule has 1 saturated carbocycles. The number of esters is 2. The van der Waals surface area contributed by atoms with E-state index in [0.717, 1.165) is 70.6 Å². The topological polar surface area (TPSA) is 210 Å². The molecule has 0 bridgehead atoms. The lowest BCUT2D eigenvalue weighted by molar-refractivity contribution is -0.220. The minimum Gasteiger partial charge on any atom is -0.462 e. The second-order valence-electron chi connectivity index (χ2n) is 15.9. The minimum atomic E-state index is -5.11. The Balaban J connectivity index is 2.48. The number of hydrogen-bond donors (Lipinski definition) is 6. The molecule has 14 heteroatoms. The molecule has 58 heavy (non-hydrogen) atoms. The van der Waals surface area contributed by atoms with Crippen LogP contribution >= 0.6 is 7.82 Å². The van der Waals surface area contributed by atoms with Crippen molar-refractivity contribution in [3.8, 4) is 0 Å². The zero-order valence-corrected chi connectivity index (χ0v) is 36.7. The van der Waals surface area contributed by atoms with Gasteiger partial charge < -0.3 is 39.9 Å². The van der Waals surface area contributed by atoms with Crippen molar-refractivity contribution in [2.24, 2.45) is 0 Å². The lowest BCUT2D eigenvalue weighted by atomic mass is 9.85. The Morgan fingerprint density at radius 2 is 0.931 bits per heavy atom. The number of ether oxygens (including phenoxy) is 2. The van der Waals surface area contributed by atoms with Crippen molar-refractivity contribution in [3.05, 3.63) is 24.3 Å². The monoisotopic (exact) mass is 849 g/mol. The van der Waals surface area contributed by atoms with Crippen LogP contribution in [0.2, 0.25) is 0 Å². The van der Waals surface area contributed by atoms with Gasteiger partial charge in [0.25, 0.3) is 0 Å². The van der Waals surface area contributed by atoms with Crippen LogP contribution in [-0.4, -0.2) is 98.3 Å². The maximum atomic E-state index is 12.8. The van der Waals surface area contributed by atoms with Crippen molar-refractivity contribution >= 4 is 19.8 Å². The van der Waals surface area contributed by atoms with Gasteiger partial charge in [-0.1, -0.05) is 154 Å². The first-order valence-corrected chi connectivity index (χ1v) is 24.1. The van der Waals surface area contributed by atoms with Gasteiger partial charge in [0.15, 0.2) is 6.10 Å². The average Bonchev–Trinajstić information content (AvgIpc) is 3.20. The number of phosphoric ester groups is 1. The van der Waals surface area contributed by atoms with Crippen LogP contribution in [0.5, 0.6) is 0 Å². The molecule has 1 aliphatic carbocycles. The summed E-state index contributed by atoms with van der Waals surface area (Å²) in [5.41, 5.74) is 0. The minimum absolute atomic E-state index is 0.0975. The van der Waals surface area contributed by atoms with Crippen LogP contribution < -0.4 is 0 Å². The van der Waals surface area contributed by atoms with Gasteiger partial charge in [0.1, 0.15) is 43.2 Å². The molecule has 0 aromatic carbocycles. The van der Waals surface area contributed by atoms with E-state index >= 15 is 0 Å². The quantitative estimate of drug-likeness (QED) is 0.0150. The second-order valence-corrected chi connectivity index (χ2v) is 17.3. The van der Waals surface area contributed by atoms with E-state index in [-0.39, 0.29) is 12.8 Å². The van der Waals surface area contributed by atoms with Crippen LogP contribution in [0.4, 0.5) is 0 Å². The molecule has 1 aliphatic rings. The van der Waals surface area contributed by atoms with Crippen molar-refractivity contribution in [1.82, 2.24) is 0 Å². The molecule has 1 fully saturated rings. The molecule has 340 valence electrons. The highest BCUT2D eigenvalue weighted by molar-refractivity contribution is 7.47. The summed E-state index contributed by atoms with van der Waals surface area (Å²) < 4.78 is 33.5. The molecular weight excluding hydrogens is 767 g/mol. The van der Waals surface area contributed by atoms with Crippen LogP contribution in [0.3, 0.4) is 0 Å². The number of aliphatic hydroxyl groups excluding tert-OH is 5. The molecule has 0 radical (unpaired) electrons. The van der Waals surface area contributed by atoms with Crippen molar-refractivity contribution in [2.75, 3.05) is 13.2 Å². The zero-order valence-electron chi connectivity index (χ0n) is 35.8. The molecule has 6 unspecified atom stereocenters. The van der Waals surface area contributed by atoms with Gasteiger partial charge in [0.2, 0.25) is 0 Å². The lowest BCUT2D eigenvalue weighted by Crippen LogP contribution is -2.64. The van der Waals surface area contributed by atoms with E-state index in [0.29, 0.717) is 12.8 Å². The third kappa shape index (κ3) is 27.2. The largest absolute Gasteiger partial charge is 0.472 e. The molecule has 0 amide bonds. The molecule has 8 atom stereocenters. The molecule has 13 nitrogen and oxygen atoms in total. The molecule has 0 heterocycles. The standard InChI is InChI=1S/C44H81O13P/c1-3-5-7-9-11-13-15-17-19-21-22-24-26-28-30-32-37(45)54-34-36(35-55-58(52,53)57-44-42(50)40(48)39(47)41(49)43(44)51)56-38(46)33-31-29-27-25-23-20-18-16-14-12-10-8-6-4-2/h11,13,17,19,36,39-44,47-51H,3-10,12,14-16,18,20-35H2,1-2H3,(H,52,53)/b13-11-,19-17-/t36-,39?,40-,41?,42?,43?,44?/m1/s1. The molecule has 0 aliphatic heterocycles. The Hall–Kier alpha value is -1.67. The van der Waals surface area contributed by atoms with Crippen LogP contribution in [0.15, 0.2) is 24.3 Å². The zero-order chi connectivity index (χ0) is 42.9. The first-order valence-electron chi connectivity index (χ1n) is 22.6. The summed E-state index contributed by atoms with van der Waals surface area (Å²) in [7, 11) is -5.11. The maximum Gasteiger partial charge on any atom is 0.472 e. The Bertz CT molecular complexity index is 1120. The first kappa shape index (κ1) is 54.3. The van der Waals surface area contributed by atoms with Crippen molar-refractivity contribution in [2.45, 2.75) is 230 Å². The van der Waals surface area contributed by atoms with Crippen molar-refractivity contribution < 1.29 is 63.1 Å². The summed E-state index contributed by atoms with van der Waals surface area (Å²) in [5, 5.41) is 50.1. The fourth-order valence-corrected chi connectivity index (χ4v) is 7.82. The summed E-state index contributed by atoms with van der Waals surface area (Å²) in [6.07, 6.45) is 23.7. The van der Waals surface area contributed by atoms with E-state index in [1.165, 1.54) is 77.0 Å². The highest BCUT2D eigenvalue weighted by atomic mass is 31.2. The summed E-state index contributed by atoms with van der Waals surface area (Å²) in [4.78, 5) is 35.6. The second kappa shape index (κ2) is 35.0. The van der Waals surface area contributed by atoms with E-state index in [1.54, 1.807) is 0 Å². The molecular formula is C44H81O13P. The van der Waals surface area contributed by atoms with Crippen molar-refractivity contribution in [3.63, 3.8) is 0 Å². The Labute approximate surface area is 349 Å². The summed E-state index contributed by atoms with van der Waals surface area (Å²) in [6.45, 7) is 3.26. The molecule has 0 aromatic rings.